The van der Waals surface area contributed by atoms with Crippen molar-refractivity contribution in [2.24, 2.45) is 0 Å². The Morgan fingerprint density at radius 3 is 1.62 bits per heavy atom. The van der Waals surface area contributed by atoms with Crippen LogP contribution >= 0.6 is 16.5 Å². The smallest absolute Gasteiger partial charge is 0.00769 e. The lowest BCUT2D eigenvalue weighted by Crippen LogP contribution is -2.28. The highest BCUT2D eigenvalue weighted by Crippen LogP contribution is 2.32. The Labute approximate surface area is 129 Å². The van der Waals surface area contributed by atoms with Gasteiger partial charge in [0.05, 0.1) is 0 Å². The third kappa shape index (κ3) is 3.24. The van der Waals surface area contributed by atoms with E-state index >= 15 is 0 Å². The molecule has 0 heterocycles. The van der Waals surface area contributed by atoms with E-state index in [4.69, 9.17) is 0 Å². The normalized spacial score (nSPS) is 11.3. The molecule has 2 heteroatoms. The molecule has 21 heavy (non-hydrogen) atoms. The summed E-state index contributed by atoms with van der Waals surface area (Å²) in [7, 11) is 0.362. The fourth-order valence-corrected chi connectivity index (χ4v) is 6.08. The first kappa shape index (κ1) is 14.5. The van der Waals surface area contributed by atoms with E-state index in [1.807, 2.05) is 0 Å². The van der Waals surface area contributed by atoms with Gasteiger partial charge in [0.25, 0.3) is 0 Å². The largest absolute Gasteiger partial charge is 0.0929 e. The second-order valence-electron chi connectivity index (χ2n) is 4.77. The molecule has 3 aromatic carbocycles. The SMILES string of the molecule is CPc1ccccc1P(c1ccccc1)c1ccccc1. The van der Waals surface area contributed by atoms with Crippen LogP contribution in [0.2, 0.25) is 0 Å². The number of hydrogen-bond donors (Lipinski definition) is 0. The van der Waals surface area contributed by atoms with Crippen LogP contribution in [-0.2, 0) is 0 Å². The van der Waals surface area contributed by atoms with Gasteiger partial charge in [-0.15, -0.1) is 0 Å². The molecule has 104 valence electrons. The van der Waals surface area contributed by atoms with Crippen molar-refractivity contribution in [2.45, 2.75) is 0 Å². The Bertz CT molecular complexity index is 654. The van der Waals surface area contributed by atoms with Crippen LogP contribution < -0.4 is 21.2 Å². The monoisotopic (exact) mass is 308 g/mol. The van der Waals surface area contributed by atoms with E-state index in [0.717, 1.165) is 8.58 Å². The van der Waals surface area contributed by atoms with Gasteiger partial charge in [0, 0.05) is 0 Å². The number of benzene rings is 3. The molecule has 1 atom stereocenters. The van der Waals surface area contributed by atoms with Crippen molar-refractivity contribution < 1.29 is 0 Å². The van der Waals surface area contributed by atoms with Gasteiger partial charge in [-0.3, -0.25) is 0 Å². The highest BCUT2D eigenvalue weighted by atomic mass is 31.1. The second kappa shape index (κ2) is 6.99. The number of hydrogen-bond acceptors (Lipinski definition) is 0. The van der Waals surface area contributed by atoms with Gasteiger partial charge < -0.3 is 0 Å². The fourth-order valence-electron chi connectivity index (χ4n) is 2.46. The third-order valence-electron chi connectivity index (χ3n) is 3.44. The van der Waals surface area contributed by atoms with Crippen molar-refractivity contribution in [3.05, 3.63) is 84.9 Å². The Kier molecular flexibility index (Phi) is 4.81. The summed E-state index contributed by atoms with van der Waals surface area (Å²) in [5.41, 5.74) is 0. The van der Waals surface area contributed by atoms with Crippen LogP contribution in [0.3, 0.4) is 0 Å². The van der Waals surface area contributed by atoms with Crippen LogP contribution in [0.5, 0.6) is 0 Å². The van der Waals surface area contributed by atoms with Crippen molar-refractivity contribution in [3.63, 3.8) is 0 Å². The Balaban J connectivity index is 2.17. The van der Waals surface area contributed by atoms with Crippen molar-refractivity contribution in [1.82, 2.24) is 0 Å². The number of rotatable bonds is 4. The average Bonchev–Trinajstić information content (AvgIpc) is 2.58. The summed E-state index contributed by atoms with van der Waals surface area (Å²) in [4.78, 5) is 0. The van der Waals surface area contributed by atoms with Crippen molar-refractivity contribution >= 4 is 37.7 Å². The van der Waals surface area contributed by atoms with E-state index in [-0.39, 0.29) is 0 Å². The molecule has 0 amide bonds. The zero-order valence-electron chi connectivity index (χ0n) is 12.0. The molecule has 0 aliphatic rings. The molecule has 1 unspecified atom stereocenters. The van der Waals surface area contributed by atoms with Crippen LogP contribution in [0, 0.1) is 0 Å². The summed E-state index contributed by atoms with van der Waals surface area (Å²) in [6.45, 7) is 2.27. The van der Waals surface area contributed by atoms with Crippen molar-refractivity contribution in [2.75, 3.05) is 6.66 Å². The zero-order valence-corrected chi connectivity index (χ0v) is 13.9. The third-order valence-corrected chi connectivity index (χ3v) is 7.13. The highest BCUT2D eigenvalue weighted by Gasteiger charge is 2.18. The quantitative estimate of drug-likeness (QED) is 0.648. The lowest BCUT2D eigenvalue weighted by molar-refractivity contribution is 1.75. The average molecular weight is 308 g/mol. The standard InChI is InChI=1S/C19H18P2/c1-20-18-14-8-9-15-19(18)21(16-10-4-2-5-11-16)17-12-6-3-7-13-17/h2-15,20H,1H3. The van der Waals surface area contributed by atoms with Gasteiger partial charge in [0.1, 0.15) is 0 Å². The maximum Gasteiger partial charge on any atom is -0.00769 e. The molecule has 0 aromatic heterocycles. The molecular weight excluding hydrogens is 290 g/mol. The molecule has 0 saturated carbocycles. The van der Waals surface area contributed by atoms with Crippen molar-refractivity contribution in [3.8, 4) is 0 Å². The van der Waals surface area contributed by atoms with Crippen LogP contribution in [0.4, 0.5) is 0 Å². The molecular formula is C19H18P2. The van der Waals surface area contributed by atoms with Gasteiger partial charge in [-0.2, -0.15) is 0 Å². The van der Waals surface area contributed by atoms with Crippen molar-refractivity contribution in [1.29, 1.82) is 0 Å². The molecule has 0 aliphatic heterocycles. The lowest BCUT2D eigenvalue weighted by atomic mass is 10.3. The van der Waals surface area contributed by atoms with E-state index in [2.05, 4.69) is 91.6 Å². The maximum atomic E-state index is 2.30. The first-order chi connectivity index (χ1) is 10.4. The van der Waals surface area contributed by atoms with E-state index in [1.165, 1.54) is 21.2 Å². The summed E-state index contributed by atoms with van der Waals surface area (Å²) >= 11 is 0. The van der Waals surface area contributed by atoms with E-state index in [0.29, 0.717) is 0 Å². The highest BCUT2D eigenvalue weighted by molar-refractivity contribution is 7.81. The molecule has 0 radical (unpaired) electrons. The molecule has 0 spiro atoms. The molecule has 0 aliphatic carbocycles. The van der Waals surface area contributed by atoms with Crippen LogP contribution in [0.1, 0.15) is 0 Å². The molecule has 3 rings (SSSR count). The lowest BCUT2D eigenvalue weighted by Gasteiger charge is -2.21. The minimum atomic E-state index is -0.466. The molecule has 0 nitrogen and oxygen atoms in total. The molecule has 0 fully saturated rings. The van der Waals surface area contributed by atoms with Crippen LogP contribution in [0.25, 0.3) is 0 Å². The Morgan fingerprint density at radius 2 is 1.10 bits per heavy atom. The van der Waals surface area contributed by atoms with Gasteiger partial charge >= 0.3 is 0 Å². The Morgan fingerprint density at radius 1 is 0.619 bits per heavy atom. The predicted molar refractivity (Wildman–Crippen MR) is 99.0 cm³/mol. The Hall–Kier alpha value is -1.48. The minimum absolute atomic E-state index is 0.466. The molecule has 3 aromatic rings. The molecule has 0 saturated heterocycles. The maximum absolute atomic E-state index is 2.30. The van der Waals surface area contributed by atoms with Gasteiger partial charge in [-0.25, -0.2) is 0 Å². The second-order valence-corrected chi connectivity index (χ2v) is 8.00. The van der Waals surface area contributed by atoms with E-state index in [1.54, 1.807) is 0 Å². The first-order valence-electron chi connectivity index (χ1n) is 7.07. The van der Waals surface area contributed by atoms with E-state index in [9.17, 15) is 0 Å². The topological polar surface area (TPSA) is 0 Å². The summed E-state index contributed by atoms with van der Waals surface area (Å²) in [6, 6.07) is 30.7. The summed E-state index contributed by atoms with van der Waals surface area (Å²) in [6.07, 6.45) is 0. The zero-order chi connectivity index (χ0) is 14.5. The molecule has 0 bridgehead atoms. The predicted octanol–water partition coefficient (Wildman–Crippen LogP) is 3.38. The molecule has 0 N–H and O–H groups in total. The van der Waals surface area contributed by atoms with E-state index < -0.39 is 7.92 Å². The van der Waals surface area contributed by atoms with Crippen LogP contribution in [-0.4, -0.2) is 6.66 Å². The van der Waals surface area contributed by atoms with Gasteiger partial charge in [-0.05, 0) is 35.8 Å². The van der Waals surface area contributed by atoms with Gasteiger partial charge in [-0.1, -0.05) is 93.5 Å². The van der Waals surface area contributed by atoms with Gasteiger partial charge in [0.15, 0.2) is 0 Å². The summed E-state index contributed by atoms with van der Waals surface area (Å²) in [5.74, 6) is 0. The first-order valence-corrected chi connectivity index (χ1v) is 9.91. The summed E-state index contributed by atoms with van der Waals surface area (Å²) < 4.78 is 0. The van der Waals surface area contributed by atoms with Gasteiger partial charge in [0.2, 0.25) is 0 Å². The summed E-state index contributed by atoms with van der Waals surface area (Å²) in [5, 5.41) is 5.82. The minimum Gasteiger partial charge on any atom is -0.0929 e. The van der Waals surface area contributed by atoms with Crippen LogP contribution in [0.15, 0.2) is 84.9 Å². The fraction of sp³-hybridized carbons (Fsp3) is 0.0526.